The van der Waals surface area contributed by atoms with Gasteiger partial charge in [-0.2, -0.15) is 0 Å². The molecule has 0 aliphatic rings. The summed E-state index contributed by atoms with van der Waals surface area (Å²) in [6.45, 7) is 5.70. The van der Waals surface area contributed by atoms with E-state index in [4.69, 9.17) is 9.53 Å². The largest absolute Gasteiger partial charge is 0.544 e. The zero-order valence-corrected chi connectivity index (χ0v) is 11.8. The highest BCUT2D eigenvalue weighted by atomic mass is 79.9. The van der Waals surface area contributed by atoms with Gasteiger partial charge in [-0.25, -0.2) is 9.18 Å². The first kappa shape index (κ1) is 13.2. The summed E-state index contributed by atoms with van der Waals surface area (Å²) in [4.78, 5) is 11.0. The lowest BCUT2D eigenvalue weighted by Gasteiger charge is -2.20. The van der Waals surface area contributed by atoms with Crippen molar-refractivity contribution in [2.75, 3.05) is 0 Å². The molecular weight excluding hydrogens is 295 g/mol. The van der Waals surface area contributed by atoms with Crippen LogP contribution < -0.4 is 4.43 Å². The first-order valence-corrected chi connectivity index (χ1v) is 8.82. The van der Waals surface area contributed by atoms with Crippen molar-refractivity contribution in [1.29, 1.82) is 0 Å². The van der Waals surface area contributed by atoms with Gasteiger partial charge in [0.15, 0.2) is 0 Å². The molecule has 1 rings (SSSR count). The standard InChI is InChI=1S/C10H12BrFO3Si/c1-16(2,3)15-9-5-8(12)7(11)4-6(9)10(13)14/h4-5H,1-3H3,(H,13,14). The van der Waals surface area contributed by atoms with E-state index < -0.39 is 20.1 Å². The van der Waals surface area contributed by atoms with Gasteiger partial charge in [0.05, 0.1) is 4.47 Å². The fourth-order valence-corrected chi connectivity index (χ4v) is 2.28. The smallest absolute Gasteiger partial charge is 0.339 e. The molecule has 0 unspecified atom stereocenters. The highest BCUT2D eigenvalue weighted by Crippen LogP contribution is 2.28. The Morgan fingerprint density at radius 1 is 1.44 bits per heavy atom. The predicted molar refractivity (Wildman–Crippen MR) is 65.0 cm³/mol. The number of carbonyl (C=O) groups is 1. The Hall–Kier alpha value is -0.883. The van der Waals surface area contributed by atoms with Crippen LogP contribution in [-0.4, -0.2) is 19.4 Å². The van der Waals surface area contributed by atoms with E-state index in [0.29, 0.717) is 0 Å². The SMILES string of the molecule is C[Si](C)(C)Oc1cc(F)c(Br)cc1C(=O)O. The number of halogens is 2. The summed E-state index contributed by atoms with van der Waals surface area (Å²) in [5.74, 6) is -1.57. The highest BCUT2D eigenvalue weighted by molar-refractivity contribution is 9.10. The second-order valence-electron chi connectivity index (χ2n) is 4.28. The van der Waals surface area contributed by atoms with E-state index >= 15 is 0 Å². The number of hydrogen-bond donors (Lipinski definition) is 1. The van der Waals surface area contributed by atoms with Crippen LogP contribution in [0.15, 0.2) is 16.6 Å². The molecular formula is C10H12BrFO3Si. The normalized spacial score (nSPS) is 11.3. The zero-order chi connectivity index (χ0) is 12.5. The minimum absolute atomic E-state index is 0.0318. The second kappa shape index (κ2) is 4.55. The fraction of sp³-hybridized carbons (Fsp3) is 0.300. The predicted octanol–water partition coefficient (Wildman–Crippen LogP) is 3.50. The Labute approximate surface area is 102 Å². The number of rotatable bonds is 3. The number of benzene rings is 1. The molecule has 1 N–H and O–H groups in total. The van der Waals surface area contributed by atoms with Gasteiger partial charge < -0.3 is 9.53 Å². The number of hydrogen-bond acceptors (Lipinski definition) is 2. The molecule has 0 amide bonds. The van der Waals surface area contributed by atoms with E-state index in [2.05, 4.69) is 15.9 Å². The first-order valence-electron chi connectivity index (χ1n) is 4.62. The van der Waals surface area contributed by atoms with Crippen LogP contribution in [0.4, 0.5) is 4.39 Å². The summed E-state index contributed by atoms with van der Waals surface area (Å²) in [5, 5.41) is 8.97. The maximum absolute atomic E-state index is 13.3. The van der Waals surface area contributed by atoms with Crippen LogP contribution in [0, 0.1) is 5.82 Å². The molecule has 0 heterocycles. The molecule has 88 valence electrons. The third-order valence-electron chi connectivity index (χ3n) is 1.67. The quantitative estimate of drug-likeness (QED) is 0.869. The van der Waals surface area contributed by atoms with Crippen molar-refractivity contribution < 1.29 is 18.7 Å². The monoisotopic (exact) mass is 306 g/mol. The summed E-state index contributed by atoms with van der Waals surface area (Å²) in [5.41, 5.74) is -0.0318. The van der Waals surface area contributed by atoms with Crippen molar-refractivity contribution in [2.45, 2.75) is 19.6 Å². The van der Waals surface area contributed by atoms with Crippen molar-refractivity contribution in [3.05, 3.63) is 28.0 Å². The van der Waals surface area contributed by atoms with Gasteiger partial charge in [-0.3, -0.25) is 0 Å². The lowest BCUT2D eigenvalue weighted by Crippen LogP contribution is -2.30. The van der Waals surface area contributed by atoms with Crippen LogP contribution in [-0.2, 0) is 0 Å². The summed E-state index contributed by atoms with van der Waals surface area (Å²) in [6.07, 6.45) is 0. The van der Waals surface area contributed by atoms with Crippen LogP contribution in [0.3, 0.4) is 0 Å². The Morgan fingerprint density at radius 2 is 2.00 bits per heavy atom. The minimum atomic E-state index is -1.96. The summed E-state index contributed by atoms with van der Waals surface area (Å²) in [6, 6.07) is 2.32. The third kappa shape index (κ3) is 3.31. The molecule has 0 bridgehead atoms. The molecule has 0 aliphatic carbocycles. The van der Waals surface area contributed by atoms with Crippen molar-refractivity contribution in [1.82, 2.24) is 0 Å². The van der Waals surface area contributed by atoms with Gasteiger partial charge in [-0.1, -0.05) is 0 Å². The summed E-state index contributed by atoms with van der Waals surface area (Å²) >= 11 is 2.95. The van der Waals surface area contributed by atoms with Gasteiger partial charge >= 0.3 is 5.97 Å². The van der Waals surface area contributed by atoms with E-state index in [9.17, 15) is 9.18 Å². The van der Waals surface area contributed by atoms with Crippen molar-refractivity contribution >= 4 is 30.2 Å². The molecule has 0 saturated carbocycles. The van der Waals surface area contributed by atoms with Crippen LogP contribution in [0.2, 0.25) is 19.6 Å². The molecule has 6 heteroatoms. The van der Waals surface area contributed by atoms with E-state index in [1.165, 1.54) is 6.07 Å². The third-order valence-corrected chi connectivity index (χ3v) is 3.11. The summed E-state index contributed by atoms with van der Waals surface area (Å²) < 4.78 is 18.9. The minimum Gasteiger partial charge on any atom is -0.544 e. The number of aromatic carboxylic acids is 1. The van der Waals surface area contributed by atoms with Crippen LogP contribution in [0.25, 0.3) is 0 Å². The molecule has 0 radical (unpaired) electrons. The Bertz CT molecular complexity index is 429. The van der Waals surface area contributed by atoms with E-state index in [-0.39, 0.29) is 15.8 Å². The molecule has 16 heavy (non-hydrogen) atoms. The average Bonchev–Trinajstić information content (AvgIpc) is 2.07. The fourth-order valence-electron chi connectivity index (χ4n) is 1.11. The molecule has 1 aromatic rings. The number of carboxylic acid groups (broad SMARTS) is 1. The second-order valence-corrected chi connectivity index (χ2v) is 9.57. The van der Waals surface area contributed by atoms with Crippen molar-refractivity contribution in [2.24, 2.45) is 0 Å². The lowest BCUT2D eigenvalue weighted by molar-refractivity contribution is 0.0694. The summed E-state index contributed by atoms with van der Waals surface area (Å²) in [7, 11) is -1.96. The molecule has 0 aliphatic heterocycles. The van der Waals surface area contributed by atoms with Gasteiger partial charge in [0, 0.05) is 6.07 Å². The van der Waals surface area contributed by atoms with Crippen molar-refractivity contribution in [3.63, 3.8) is 0 Å². The lowest BCUT2D eigenvalue weighted by atomic mass is 10.2. The number of carboxylic acids is 1. The van der Waals surface area contributed by atoms with Gasteiger partial charge in [-0.05, 0) is 41.6 Å². The van der Waals surface area contributed by atoms with E-state index in [0.717, 1.165) is 6.07 Å². The molecule has 0 aromatic heterocycles. The Balaban J connectivity index is 3.25. The van der Waals surface area contributed by atoms with Crippen molar-refractivity contribution in [3.8, 4) is 5.75 Å². The Morgan fingerprint density at radius 3 is 2.44 bits per heavy atom. The van der Waals surface area contributed by atoms with Gasteiger partial charge in [0.2, 0.25) is 8.32 Å². The highest BCUT2D eigenvalue weighted by Gasteiger charge is 2.22. The molecule has 0 fully saturated rings. The van der Waals surface area contributed by atoms with Crippen LogP contribution in [0.5, 0.6) is 5.75 Å². The average molecular weight is 307 g/mol. The van der Waals surface area contributed by atoms with Crippen LogP contribution >= 0.6 is 15.9 Å². The maximum Gasteiger partial charge on any atom is 0.339 e. The first-order chi connectivity index (χ1) is 7.20. The topological polar surface area (TPSA) is 46.5 Å². The Kier molecular flexibility index (Phi) is 3.74. The maximum atomic E-state index is 13.3. The molecule has 0 saturated heterocycles. The van der Waals surface area contributed by atoms with Gasteiger partial charge in [0.1, 0.15) is 17.1 Å². The van der Waals surface area contributed by atoms with E-state index in [1.807, 2.05) is 19.6 Å². The molecule has 0 atom stereocenters. The van der Waals surface area contributed by atoms with Crippen LogP contribution in [0.1, 0.15) is 10.4 Å². The van der Waals surface area contributed by atoms with Gasteiger partial charge in [-0.15, -0.1) is 0 Å². The molecule has 0 spiro atoms. The molecule has 3 nitrogen and oxygen atoms in total. The van der Waals surface area contributed by atoms with Gasteiger partial charge in [0.25, 0.3) is 0 Å². The zero-order valence-electron chi connectivity index (χ0n) is 9.17. The van der Waals surface area contributed by atoms with E-state index in [1.54, 1.807) is 0 Å². The molecule has 1 aromatic carbocycles.